The van der Waals surface area contributed by atoms with Gasteiger partial charge in [-0.25, -0.2) is 8.42 Å². The molecule has 6 nitrogen and oxygen atoms in total. The molecular weight excluding hydrogens is 338 g/mol. The third-order valence-electron chi connectivity index (χ3n) is 4.55. The molecule has 1 atom stereocenters. The highest BCUT2D eigenvalue weighted by atomic mass is 32.2. The van der Waals surface area contributed by atoms with Gasteiger partial charge < -0.3 is 15.4 Å². The lowest BCUT2D eigenvalue weighted by Gasteiger charge is -2.36. The summed E-state index contributed by atoms with van der Waals surface area (Å²) in [5.41, 5.74) is -0.132. The summed E-state index contributed by atoms with van der Waals surface area (Å²) in [4.78, 5) is 4.77. The van der Waals surface area contributed by atoms with Crippen LogP contribution in [0.4, 0.5) is 0 Å². The van der Waals surface area contributed by atoms with Crippen LogP contribution in [0.5, 0.6) is 0 Å². The summed E-state index contributed by atoms with van der Waals surface area (Å²) in [5.74, 6) is 0.929. The van der Waals surface area contributed by atoms with E-state index in [2.05, 4.69) is 17.6 Å². The van der Waals surface area contributed by atoms with Crippen molar-refractivity contribution in [3.63, 3.8) is 0 Å². The molecule has 0 aromatic heterocycles. The van der Waals surface area contributed by atoms with Gasteiger partial charge in [0.15, 0.2) is 5.96 Å². The first-order chi connectivity index (χ1) is 11.8. The van der Waals surface area contributed by atoms with Crippen LogP contribution in [0.15, 0.2) is 4.99 Å². The molecule has 148 valence electrons. The maximum atomic E-state index is 11.3. The number of ether oxygens (including phenoxy) is 1. The Kier molecular flexibility index (Phi) is 9.79. The van der Waals surface area contributed by atoms with Crippen molar-refractivity contribution < 1.29 is 13.2 Å². The van der Waals surface area contributed by atoms with E-state index in [1.165, 1.54) is 25.5 Å². The van der Waals surface area contributed by atoms with Gasteiger partial charge in [0.05, 0.1) is 17.9 Å². The summed E-state index contributed by atoms with van der Waals surface area (Å²) in [6, 6.07) is 0.0476. The smallest absolute Gasteiger partial charge is 0.191 e. The zero-order valence-corrected chi connectivity index (χ0v) is 17.3. The van der Waals surface area contributed by atoms with Gasteiger partial charge in [0, 0.05) is 25.4 Å². The van der Waals surface area contributed by atoms with E-state index < -0.39 is 9.84 Å². The van der Waals surface area contributed by atoms with Crippen molar-refractivity contribution in [2.45, 2.75) is 77.4 Å². The Morgan fingerprint density at radius 2 is 1.92 bits per heavy atom. The highest BCUT2D eigenvalue weighted by molar-refractivity contribution is 7.90. The van der Waals surface area contributed by atoms with Gasteiger partial charge in [-0.2, -0.15) is 0 Å². The van der Waals surface area contributed by atoms with Gasteiger partial charge in [-0.05, 0) is 39.5 Å². The maximum absolute atomic E-state index is 11.3. The number of nitrogens with zero attached hydrogens (tertiary/aromatic N) is 1. The molecule has 0 amide bonds. The minimum atomic E-state index is -2.94. The molecule has 1 fully saturated rings. The van der Waals surface area contributed by atoms with Crippen LogP contribution in [0.3, 0.4) is 0 Å². The number of hydrogen-bond donors (Lipinski definition) is 2. The van der Waals surface area contributed by atoms with Crippen molar-refractivity contribution in [3.8, 4) is 0 Å². The van der Waals surface area contributed by atoms with Crippen molar-refractivity contribution in [3.05, 3.63) is 0 Å². The standard InChI is InChI=1S/C18H37N3O3S/c1-5-13-24-18(11-8-7-9-12-18)15-20-17(19-6-2)21-16(3)10-14-25(4,22)23/h16H,5-15H2,1-4H3,(H2,19,20,21). The number of aliphatic imine (C=N–C) groups is 1. The van der Waals surface area contributed by atoms with Crippen LogP contribution in [-0.4, -0.2) is 57.7 Å². The second-order valence-corrected chi connectivity index (χ2v) is 9.51. The van der Waals surface area contributed by atoms with Crippen molar-refractivity contribution in [1.29, 1.82) is 0 Å². The first kappa shape index (κ1) is 22.2. The van der Waals surface area contributed by atoms with Crippen LogP contribution < -0.4 is 10.6 Å². The van der Waals surface area contributed by atoms with E-state index in [0.29, 0.717) is 13.0 Å². The molecule has 0 heterocycles. The Hall–Kier alpha value is -0.820. The molecular formula is C18H37N3O3S. The fourth-order valence-corrected chi connectivity index (χ4v) is 3.88. The van der Waals surface area contributed by atoms with Gasteiger partial charge in [-0.15, -0.1) is 0 Å². The van der Waals surface area contributed by atoms with Gasteiger partial charge in [-0.3, -0.25) is 4.99 Å². The van der Waals surface area contributed by atoms with Crippen LogP contribution in [0.2, 0.25) is 0 Å². The number of nitrogens with one attached hydrogen (secondary N) is 2. The molecule has 0 spiro atoms. The van der Waals surface area contributed by atoms with Gasteiger partial charge in [0.25, 0.3) is 0 Å². The summed E-state index contributed by atoms with van der Waals surface area (Å²) in [6.45, 7) is 8.36. The van der Waals surface area contributed by atoms with Crippen molar-refractivity contribution in [1.82, 2.24) is 10.6 Å². The molecule has 1 aliphatic carbocycles. The van der Waals surface area contributed by atoms with Crippen LogP contribution in [0.25, 0.3) is 0 Å². The van der Waals surface area contributed by atoms with E-state index in [1.54, 1.807) is 0 Å². The molecule has 2 N–H and O–H groups in total. The van der Waals surface area contributed by atoms with Gasteiger partial charge in [-0.1, -0.05) is 26.2 Å². The summed E-state index contributed by atoms with van der Waals surface area (Å²) in [5, 5.41) is 6.58. The molecule has 25 heavy (non-hydrogen) atoms. The Balaban J connectivity index is 2.67. The predicted octanol–water partition coefficient (Wildman–Crippen LogP) is 2.49. The first-order valence-corrected chi connectivity index (χ1v) is 11.7. The Morgan fingerprint density at radius 1 is 1.24 bits per heavy atom. The van der Waals surface area contributed by atoms with Crippen LogP contribution in [0, 0.1) is 0 Å². The normalized spacial score (nSPS) is 19.4. The van der Waals surface area contributed by atoms with Crippen molar-refractivity contribution in [2.75, 3.05) is 31.7 Å². The Morgan fingerprint density at radius 3 is 2.48 bits per heavy atom. The van der Waals surface area contributed by atoms with Gasteiger partial charge in [0.2, 0.25) is 0 Å². The quantitative estimate of drug-likeness (QED) is 0.453. The number of guanidine groups is 1. The van der Waals surface area contributed by atoms with Crippen LogP contribution in [-0.2, 0) is 14.6 Å². The molecule has 1 saturated carbocycles. The number of rotatable bonds is 10. The first-order valence-electron chi connectivity index (χ1n) is 9.67. The minimum Gasteiger partial charge on any atom is -0.373 e. The molecule has 0 aliphatic heterocycles. The molecule has 0 aromatic carbocycles. The molecule has 0 saturated heterocycles. The lowest BCUT2D eigenvalue weighted by molar-refractivity contribution is -0.0624. The molecule has 1 aliphatic rings. The molecule has 0 bridgehead atoms. The van der Waals surface area contributed by atoms with E-state index in [1.807, 2.05) is 13.8 Å². The Labute approximate surface area is 154 Å². The van der Waals surface area contributed by atoms with Gasteiger partial charge >= 0.3 is 0 Å². The molecule has 0 aromatic rings. The molecule has 0 radical (unpaired) electrons. The van der Waals surface area contributed by atoms with Crippen LogP contribution in [0.1, 0.15) is 65.7 Å². The molecule has 7 heteroatoms. The van der Waals surface area contributed by atoms with E-state index >= 15 is 0 Å². The SMILES string of the molecule is CCCOC1(CN=C(NCC)NC(C)CCS(C)(=O)=O)CCCCC1. The second kappa shape index (κ2) is 11.0. The third-order valence-corrected chi connectivity index (χ3v) is 5.53. The molecule has 1 unspecified atom stereocenters. The lowest BCUT2D eigenvalue weighted by atomic mass is 9.84. The number of sulfone groups is 1. The summed E-state index contributed by atoms with van der Waals surface area (Å²) in [6.07, 6.45) is 8.69. The van der Waals surface area contributed by atoms with E-state index in [4.69, 9.17) is 9.73 Å². The third kappa shape index (κ3) is 9.45. The predicted molar refractivity (Wildman–Crippen MR) is 105 cm³/mol. The summed E-state index contributed by atoms with van der Waals surface area (Å²) in [7, 11) is -2.94. The zero-order valence-electron chi connectivity index (χ0n) is 16.4. The number of hydrogen-bond acceptors (Lipinski definition) is 4. The second-order valence-electron chi connectivity index (χ2n) is 7.25. The van der Waals surface area contributed by atoms with E-state index in [0.717, 1.165) is 38.4 Å². The van der Waals surface area contributed by atoms with Crippen molar-refractivity contribution in [2.24, 2.45) is 4.99 Å². The fraction of sp³-hybridized carbons (Fsp3) is 0.944. The topological polar surface area (TPSA) is 79.8 Å². The molecule has 1 rings (SSSR count). The zero-order chi connectivity index (χ0) is 18.8. The van der Waals surface area contributed by atoms with Crippen molar-refractivity contribution >= 4 is 15.8 Å². The largest absolute Gasteiger partial charge is 0.373 e. The average Bonchev–Trinajstić information content (AvgIpc) is 2.57. The summed E-state index contributed by atoms with van der Waals surface area (Å²) >= 11 is 0. The van der Waals surface area contributed by atoms with E-state index in [-0.39, 0.29) is 17.4 Å². The monoisotopic (exact) mass is 375 g/mol. The summed E-state index contributed by atoms with van der Waals surface area (Å²) < 4.78 is 28.9. The Bertz CT molecular complexity index is 500. The van der Waals surface area contributed by atoms with Gasteiger partial charge in [0.1, 0.15) is 9.84 Å². The lowest BCUT2D eigenvalue weighted by Crippen LogP contribution is -2.45. The van der Waals surface area contributed by atoms with Crippen LogP contribution >= 0.6 is 0 Å². The highest BCUT2D eigenvalue weighted by Gasteiger charge is 2.32. The maximum Gasteiger partial charge on any atom is 0.191 e. The van der Waals surface area contributed by atoms with E-state index in [9.17, 15) is 8.42 Å². The highest BCUT2D eigenvalue weighted by Crippen LogP contribution is 2.32. The average molecular weight is 376 g/mol. The fourth-order valence-electron chi connectivity index (χ4n) is 3.10. The minimum absolute atomic E-state index is 0.0476.